The minimum atomic E-state index is -2.39. The summed E-state index contributed by atoms with van der Waals surface area (Å²) < 4.78 is 9.32. The quantitative estimate of drug-likeness (QED) is 0.358. The third-order valence-corrected chi connectivity index (χ3v) is 6.36. The van der Waals surface area contributed by atoms with E-state index in [-0.39, 0.29) is 16.6 Å². The van der Waals surface area contributed by atoms with Gasteiger partial charge in [0.05, 0.1) is 35.7 Å². The fourth-order valence-electron chi connectivity index (χ4n) is 5.02. The molecule has 1 aliphatic rings. The molecule has 0 spiro atoms. The Kier molecular flexibility index (Phi) is 12.3. The minimum absolute atomic E-state index is 0. The van der Waals surface area contributed by atoms with E-state index in [1.165, 1.54) is 67.8 Å². The van der Waals surface area contributed by atoms with Crippen molar-refractivity contribution in [3.05, 3.63) is 71.8 Å². The zero-order valence-electron chi connectivity index (χ0n) is 22.5. The van der Waals surface area contributed by atoms with Gasteiger partial charge in [-0.15, -0.1) is 0 Å². The molecule has 8 N–H and O–H groups in total. The molecule has 0 unspecified atom stereocenters. The van der Waals surface area contributed by atoms with Crippen LogP contribution in [0.15, 0.2) is 60.7 Å². The van der Waals surface area contributed by atoms with Crippen LogP contribution in [0.4, 0.5) is 0 Å². The Morgan fingerprint density at radius 2 is 1.21 bits per heavy atom. The van der Waals surface area contributed by atoms with Crippen molar-refractivity contribution in [3.63, 3.8) is 0 Å². The number of hydrogen-bond donors (Lipinski definition) is 2. The van der Waals surface area contributed by atoms with Crippen molar-refractivity contribution >= 4 is 23.9 Å². The summed E-state index contributed by atoms with van der Waals surface area (Å²) in [5.41, 5.74) is 9.15. The highest BCUT2D eigenvalue weighted by Gasteiger charge is 2.42. The highest BCUT2D eigenvalue weighted by atomic mass is 16.6. The molecule has 0 amide bonds. The van der Waals surface area contributed by atoms with Gasteiger partial charge in [0.1, 0.15) is 0 Å². The smallest absolute Gasteiger partial charge is 0.338 e. The molecular weight excluding hydrogens is 508 g/mol. The van der Waals surface area contributed by atoms with Gasteiger partial charge in [-0.1, -0.05) is 57.2 Å². The number of carbonyl (C=O) groups is 4. The Morgan fingerprint density at radius 1 is 0.821 bits per heavy atom. The van der Waals surface area contributed by atoms with Crippen molar-refractivity contribution in [3.8, 4) is 0 Å². The SMILES string of the molecule is CC1(C)C[C@H]([NH3+])C[C@](C)(C[NH3+])C1.O.O=C(O[C@H](C(=O)[O-])[C@H](OC(=O)c1ccccc1)C(=O)[O-])c1ccccc1. The lowest BCUT2D eigenvalue weighted by molar-refractivity contribution is -0.451. The highest BCUT2D eigenvalue weighted by molar-refractivity contribution is 5.94. The number of hydrogen-bond acceptors (Lipinski definition) is 8. The van der Waals surface area contributed by atoms with Crippen LogP contribution in [0.3, 0.4) is 0 Å². The van der Waals surface area contributed by atoms with Crippen LogP contribution in [0.1, 0.15) is 60.7 Å². The Labute approximate surface area is 227 Å². The van der Waals surface area contributed by atoms with Gasteiger partial charge in [0.15, 0.2) is 12.2 Å². The molecule has 0 aromatic heterocycles. The van der Waals surface area contributed by atoms with Crippen molar-refractivity contribution in [1.82, 2.24) is 0 Å². The summed E-state index contributed by atoms with van der Waals surface area (Å²) in [4.78, 5) is 46.5. The number of carboxylic acid groups (broad SMARTS) is 2. The molecule has 4 atom stereocenters. The fourth-order valence-corrected chi connectivity index (χ4v) is 5.02. The zero-order chi connectivity index (χ0) is 28.5. The Bertz CT molecular complexity index is 1040. The number of ether oxygens (including phenoxy) is 2. The number of benzene rings is 2. The lowest BCUT2D eigenvalue weighted by atomic mass is 9.63. The van der Waals surface area contributed by atoms with E-state index in [4.69, 9.17) is 0 Å². The van der Waals surface area contributed by atoms with Gasteiger partial charge >= 0.3 is 11.9 Å². The van der Waals surface area contributed by atoms with Crippen LogP contribution in [0, 0.1) is 10.8 Å². The highest BCUT2D eigenvalue weighted by Crippen LogP contribution is 2.44. The minimum Gasteiger partial charge on any atom is -0.546 e. The van der Waals surface area contributed by atoms with Crippen molar-refractivity contribution in [2.45, 2.75) is 58.3 Å². The van der Waals surface area contributed by atoms with Crippen molar-refractivity contribution in [2.75, 3.05) is 6.54 Å². The first-order valence-electron chi connectivity index (χ1n) is 12.3. The Balaban J connectivity index is 0.000000492. The molecule has 0 bridgehead atoms. The maximum absolute atomic E-state index is 12.0. The third kappa shape index (κ3) is 10.1. The molecule has 0 saturated heterocycles. The van der Waals surface area contributed by atoms with E-state index < -0.39 is 36.1 Å². The first-order valence-corrected chi connectivity index (χ1v) is 12.3. The molecule has 11 heteroatoms. The monoisotopic (exact) mass is 546 g/mol. The van der Waals surface area contributed by atoms with Gasteiger partial charge in [0.25, 0.3) is 0 Å². The standard InChI is InChI=1S/C18H14O8.C10H22N2.H2O/c19-15(20)13(25-17(23)11-7-3-1-4-8-11)14(16(21)22)26-18(24)12-9-5-2-6-10-12;1-9(2)4-8(12)5-10(3,6-9)7-11;/h1-10,13-14H,(H,19,20)(H,21,22);8H,4-7,11-12H2,1-3H3;1H2/t13-,14-;8-,10-;/m00./s1. The van der Waals surface area contributed by atoms with E-state index in [1.807, 2.05) is 0 Å². The van der Waals surface area contributed by atoms with Gasteiger partial charge in [-0.25, -0.2) is 9.59 Å². The largest absolute Gasteiger partial charge is 0.546 e. The summed E-state index contributed by atoms with van der Waals surface area (Å²) in [6.45, 7) is 8.14. The van der Waals surface area contributed by atoms with E-state index in [2.05, 4.69) is 41.7 Å². The average molecular weight is 547 g/mol. The van der Waals surface area contributed by atoms with Gasteiger partial charge < -0.3 is 46.2 Å². The predicted molar refractivity (Wildman–Crippen MR) is 135 cm³/mol. The summed E-state index contributed by atoms with van der Waals surface area (Å²) in [5.74, 6) is -6.35. The molecular formula is C28H38N2O9. The molecule has 0 heterocycles. The first-order chi connectivity index (χ1) is 17.8. The van der Waals surface area contributed by atoms with E-state index in [0.29, 0.717) is 16.9 Å². The molecule has 2 aromatic rings. The van der Waals surface area contributed by atoms with Gasteiger partial charge in [-0.05, 0) is 36.1 Å². The lowest BCUT2D eigenvalue weighted by Gasteiger charge is -2.42. The second kappa shape index (κ2) is 14.4. The van der Waals surface area contributed by atoms with Crippen LogP contribution >= 0.6 is 0 Å². The number of aliphatic carboxylic acids is 2. The molecule has 11 nitrogen and oxygen atoms in total. The fraction of sp³-hybridized carbons (Fsp3) is 0.429. The summed E-state index contributed by atoms with van der Waals surface area (Å²) in [7, 11) is 0. The molecule has 39 heavy (non-hydrogen) atoms. The number of rotatable bonds is 8. The molecule has 0 aliphatic heterocycles. The van der Waals surface area contributed by atoms with Crippen molar-refractivity contribution < 1.29 is 55.8 Å². The van der Waals surface area contributed by atoms with E-state index in [0.717, 1.165) is 6.54 Å². The number of carboxylic acids is 2. The van der Waals surface area contributed by atoms with E-state index >= 15 is 0 Å². The first kappa shape index (κ1) is 33.2. The van der Waals surface area contributed by atoms with Crippen molar-refractivity contribution in [2.24, 2.45) is 10.8 Å². The Morgan fingerprint density at radius 3 is 1.51 bits per heavy atom. The van der Waals surface area contributed by atoms with Crippen LogP contribution in [0.2, 0.25) is 0 Å². The van der Waals surface area contributed by atoms with E-state index in [1.54, 1.807) is 12.1 Å². The van der Waals surface area contributed by atoms with Gasteiger partial charge in [-0.3, -0.25) is 0 Å². The summed E-state index contributed by atoms with van der Waals surface area (Å²) in [6, 6.07) is 15.2. The van der Waals surface area contributed by atoms with Gasteiger partial charge in [0.2, 0.25) is 0 Å². The number of esters is 2. The summed E-state index contributed by atoms with van der Waals surface area (Å²) in [6.07, 6.45) is -0.918. The van der Waals surface area contributed by atoms with Crippen LogP contribution in [0.25, 0.3) is 0 Å². The molecule has 1 saturated carbocycles. The Hall–Kier alpha value is -3.80. The van der Waals surface area contributed by atoms with Crippen molar-refractivity contribution in [1.29, 1.82) is 0 Å². The van der Waals surface area contributed by atoms with Gasteiger partial charge in [-0.2, -0.15) is 0 Å². The predicted octanol–water partition coefficient (Wildman–Crippen LogP) is -1.83. The second-order valence-corrected chi connectivity index (χ2v) is 10.7. The van der Waals surface area contributed by atoms with Crippen LogP contribution in [-0.4, -0.2) is 54.1 Å². The molecule has 3 rings (SSSR count). The van der Waals surface area contributed by atoms with Gasteiger partial charge in [0, 0.05) is 18.3 Å². The van der Waals surface area contributed by atoms with Crippen LogP contribution in [0.5, 0.6) is 0 Å². The normalized spacial score (nSPS) is 21.0. The van der Waals surface area contributed by atoms with E-state index in [9.17, 15) is 29.4 Å². The third-order valence-electron chi connectivity index (χ3n) is 6.36. The summed E-state index contributed by atoms with van der Waals surface area (Å²) >= 11 is 0. The maximum Gasteiger partial charge on any atom is 0.338 e. The topological polar surface area (TPSA) is 220 Å². The lowest BCUT2D eigenvalue weighted by Crippen LogP contribution is -2.69. The average Bonchev–Trinajstić information content (AvgIpc) is 2.85. The zero-order valence-corrected chi connectivity index (χ0v) is 22.5. The molecule has 1 aliphatic carbocycles. The molecule has 2 aromatic carbocycles. The van der Waals surface area contributed by atoms with Crippen LogP contribution in [-0.2, 0) is 19.1 Å². The molecule has 1 fully saturated rings. The second-order valence-electron chi connectivity index (χ2n) is 10.7. The number of carbonyl (C=O) groups excluding carboxylic acids is 4. The number of quaternary nitrogens is 2. The molecule has 214 valence electrons. The molecule has 0 radical (unpaired) electrons. The summed E-state index contributed by atoms with van der Waals surface area (Å²) in [5, 5.41) is 22.5. The maximum atomic E-state index is 12.0. The van der Waals surface area contributed by atoms with Crippen LogP contribution < -0.4 is 21.7 Å².